The standard InChI is InChI=1S/C25H33NO3/c1-25(2,3)29-24(27)23-16-15-21(26(23)18-20-9-6-5-7-10-20)14-13-19-11-8-12-22(17-19)28-4/h5-12,17,21,23H,13-16,18H2,1-4H3/t21-,23-/m1/s1. The van der Waals surface area contributed by atoms with E-state index in [1.165, 1.54) is 11.1 Å². The Morgan fingerprint density at radius 2 is 1.76 bits per heavy atom. The topological polar surface area (TPSA) is 38.8 Å². The molecule has 0 unspecified atom stereocenters. The van der Waals surface area contributed by atoms with Crippen molar-refractivity contribution in [2.24, 2.45) is 0 Å². The van der Waals surface area contributed by atoms with Crippen molar-refractivity contribution >= 4 is 5.97 Å². The zero-order valence-corrected chi connectivity index (χ0v) is 18.1. The van der Waals surface area contributed by atoms with Crippen LogP contribution in [0.5, 0.6) is 5.75 Å². The first-order chi connectivity index (χ1) is 13.9. The van der Waals surface area contributed by atoms with Crippen LogP contribution in [0.15, 0.2) is 54.6 Å². The average Bonchev–Trinajstić information content (AvgIpc) is 3.08. The molecule has 0 bridgehead atoms. The number of benzene rings is 2. The minimum atomic E-state index is -0.464. The van der Waals surface area contributed by atoms with Crippen molar-refractivity contribution < 1.29 is 14.3 Å². The van der Waals surface area contributed by atoms with Crippen molar-refractivity contribution in [3.63, 3.8) is 0 Å². The van der Waals surface area contributed by atoms with Crippen molar-refractivity contribution in [2.75, 3.05) is 7.11 Å². The predicted octanol–water partition coefficient (Wildman–Crippen LogP) is 5.00. The summed E-state index contributed by atoms with van der Waals surface area (Å²) in [5.41, 5.74) is 2.04. The molecular weight excluding hydrogens is 362 g/mol. The molecule has 3 rings (SSSR count). The molecule has 1 aliphatic heterocycles. The molecule has 4 heteroatoms. The van der Waals surface area contributed by atoms with Crippen molar-refractivity contribution in [1.29, 1.82) is 0 Å². The van der Waals surface area contributed by atoms with Gasteiger partial charge in [-0.2, -0.15) is 0 Å². The fraction of sp³-hybridized carbons (Fsp3) is 0.480. The van der Waals surface area contributed by atoms with Crippen LogP contribution in [0.25, 0.3) is 0 Å². The number of carbonyl (C=O) groups is 1. The lowest BCUT2D eigenvalue weighted by molar-refractivity contribution is -0.161. The van der Waals surface area contributed by atoms with Crippen molar-refractivity contribution in [1.82, 2.24) is 4.90 Å². The molecule has 156 valence electrons. The molecule has 2 aromatic carbocycles. The Bertz CT molecular complexity index is 797. The number of nitrogens with zero attached hydrogens (tertiary/aromatic N) is 1. The number of hydrogen-bond acceptors (Lipinski definition) is 4. The van der Waals surface area contributed by atoms with Gasteiger partial charge in [0, 0.05) is 12.6 Å². The summed E-state index contributed by atoms with van der Waals surface area (Å²) >= 11 is 0. The molecule has 0 spiro atoms. The third-order valence-corrected chi connectivity index (χ3v) is 5.43. The number of methoxy groups -OCH3 is 1. The van der Waals surface area contributed by atoms with Gasteiger partial charge in [0.1, 0.15) is 17.4 Å². The summed E-state index contributed by atoms with van der Waals surface area (Å²) in [5.74, 6) is 0.791. The number of hydrogen-bond donors (Lipinski definition) is 0. The zero-order valence-electron chi connectivity index (χ0n) is 18.1. The van der Waals surface area contributed by atoms with Gasteiger partial charge < -0.3 is 9.47 Å². The van der Waals surface area contributed by atoms with E-state index in [-0.39, 0.29) is 12.0 Å². The van der Waals surface area contributed by atoms with Gasteiger partial charge in [0.15, 0.2) is 0 Å². The van der Waals surface area contributed by atoms with E-state index in [1.54, 1.807) is 7.11 Å². The molecule has 2 atom stereocenters. The second kappa shape index (κ2) is 9.45. The zero-order chi connectivity index (χ0) is 20.9. The van der Waals surface area contributed by atoms with Crippen LogP contribution in [-0.4, -0.2) is 35.7 Å². The van der Waals surface area contributed by atoms with Crippen molar-refractivity contribution in [2.45, 2.75) is 70.7 Å². The van der Waals surface area contributed by atoms with Crippen LogP contribution < -0.4 is 4.74 Å². The minimum Gasteiger partial charge on any atom is -0.497 e. The maximum absolute atomic E-state index is 12.9. The smallest absolute Gasteiger partial charge is 0.323 e. The van der Waals surface area contributed by atoms with E-state index in [2.05, 4.69) is 41.3 Å². The molecular formula is C25H33NO3. The Morgan fingerprint density at radius 3 is 2.45 bits per heavy atom. The Kier molecular flexibility index (Phi) is 6.96. The molecule has 4 nitrogen and oxygen atoms in total. The van der Waals surface area contributed by atoms with Gasteiger partial charge in [-0.25, -0.2) is 0 Å². The molecule has 0 N–H and O–H groups in total. The van der Waals surface area contributed by atoms with Crippen molar-refractivity contribution in [3.05, 3.63) is 65.7 Å². The van der Waals surface area contributed by atoms with Gasteiger partial charge in [0.2, 0.25) is 0 Å². The number of aryl methyl sites for hydroxylation is 1. The third-order valence-electron chi connectivity index (χ3n) is 5.43. The van der Waals surface area contributed by atoms with Crippen LogP contribution in [0.4, 0.5) is 0 Å². The van der Waals surface area contributed by atoms with E-state index >= 15 is 0 Å². The highest BCUT2D eigenvalue weighted by atomic mass is 16.6. The fourth-order valence-electron chi connectivity index (χ4n) is 4.06. The van der Waals surface area contributed by atoms with E-state index in [0.717, 1.165) is 38.0 Å². The molecule has 1 fully saturated rings. The lowest BCUT2D eigenvalue weighted by Gasteiger charge is -2.31. The van der Waals surface area contributed by atoms with E-state index in [4.69, 9.17) is 9.47 Å². The van der Waals surface area contributed by atoms with Crippen molar-refractivity contribution in [3.8, 4) is 5.75 Å². The maximum Gasteiger partial charge on any atom is 0.323 e. The predicted molar refractivity (Wildman–Crippen MR) is 116 cm³/mol. The first-order valence-electron chi connectivity index (χ1n) is 10.5. The van der Waals surface area contributed by atoms with Gasteiger partial charge in [-0.1, -0.05) is 42.5 Å². The number of esters is 1. The second-order valence-electron chi connectivity index (χ2n) is 8.83. The molecule has 1 heterocycles. The van der Waals surface area contributed by atoms with E-state index in [1.807, 2.05) is 39.0 Å². The summed E-state index contributed by atoms with van der Waals surface area (Å²) in [6.07, 6.45) is 3.85. The summed E-state index contributed by atoms with van der Waals surface area (Å²) < 4.78 is 11.1. The average molecular weight is 396 g/mol. The quantitative estimate of drug-likeness (QED) is 0.618. The minimum absolute atomic E-state index is 0.0997. The lowest BCUT2D eigenvalue weighted by atomic mass is 10.0. The molecule has 29 heavy (non-hydrogen) atoms. The Balaban J connectivity index is 1.72. The number of carbonyl (C=O) groups excluding carboxylic acids is 1. The summed E-state index contributed by atoms with van der Waals surface area (Å²) in [4.78, 5) is 15.2. The first-order valence-corrected chi connectivity index (χ1v) is 10.5. The van der Waals surface area contributed by atoms with Crippen LogP contribution in [-0.2, 0) is 22.5 Å². The number of rotatable bonds is 7. The lowest BCUT2D eigenvalue weighted by Crippen LogP contribution is -2.43. The van der Waals surface area contributed by atoms with Gasteiger partial charge in [-0.3, -0.25) is 9.69 Å². The fourth-order valence-corrected chi connectivity index (χ4v) is 4.06. The second-order valence-corrected chi connectivity index (χ2v) is 8.83. The summed E-state index contributed by atoms with van der Waals surface area (Å²) in [6.45, 7) is 6.57. The van der Waals surface area contributed by atoms with Crippen LogP contribution >= 0.6 is 0 Å². The number of likely N-dealkylation sites (tertiary alicyclic amines) is 1. The normalized spacial score (nSPS) is 19.9. The van der Waals surface area contributed by atoms with Crippen LogP contribution in [0.1, 0.15) is 51.2 Å². The Morgan fingerprint density at radius 1 is 1.03 bits per heavy atom. The summed E-state index contributed by atoms with van der Waals surface area (Å²) in [6, 6.07) is 18.8. The molecule has 1 saturated heterocycles. The van der Waals surface area contributed by atoms with E-state index in [0.29, 0.717) is 6.04 Å². The number of ether oxygens (including phenoxy) is 2. The van der Waals surface area contributed by atoms with Gasteiger partial charge in [-0.05, 0) is 69.7 Å². The molecule has 2 aromatic rings. The van der Waals surface area contributed by atoms with E-state index in [9.17, 15) is 4.79 Å². The van der Waals surface area contributed by atoms with Crippen LogP contribution in [0.3, 0.4) is 0 Å². The molecule has 1 aliphatic rings. The SMILES string of the molecule is COc1cccc(CC[C@@H]2CC[C@H](C(=O)OC(C)(C)C)N2Cc2ccccc2)c1. The van der Waals surface area contributed by atoms with Gasteiger partial charge >= 0.3 is 5.97 Å². The highest BCUT2D eigenvalue weighted by Crippen LogP contribution is 2.31. The Labute approximate surface area is 174 Å². The van der Waals surface area contributed by atoms with Gasteiger partial charge in [-0.15, -0.1) is 0 Å². The van der Waals surface area contributed by atoms with Gasteiger partial charge in [0.25, 0.3) is 0 Å². The molecule has 0 aliphatic carbocycles. The highest BCUT2D eigenvalue weighted by molar-refractivity contribution is 5.76. The highest BCUT2D eigenvalue weighted by Gasteiger charge is 2.39. The summed E-state index contributed by atoms with van der Waals surface area (Å²) in [7, 11) is 1.70. The van der Waals surface area contributed by atoms with E-state index < -0.39 is 5.60 Å². The molecule has 0 amide bonds. The first kappa shape index (κ1) is 21.4. The van der Waals surface area contributed by atoms with Crippen LogP contribution in [0.2, 0.25) is 0 Å². The Hall–Kier alpha value is -2.33. The maximum atomic E-state index is 12.9. The largest absolute Gasteiger partial charge is 0.497 e. The molecule has 0 radical (unpaired) electrons. The monoisotopic (exact) mass is 395 g/mol. The van der Waals surface area contributed by atoms with Crippen LogP contribution in [0, 0.1) is 0 Å². The van der Waals surface area contributed by atoms with Gasteiger partial charge in [0.05, 0.1) is 7.11 Å². The molecule has 0 saturated carbocycles. The third kappa shape index (κ3) is 6.07. The summed E-state index contributed by atoms with van der Waals surface area (Å²) in [5, 5.41) is 0. The molecule has 0 aromatic heterocycles.